The smallest absolute Gasteiger partial charge is 0.234 e. The molecule has 2 heterocycles. The number of aromatic nitrogens is 2. The third-order valence-electron chi connectivity index (χ3n) is 3.52. The van der Waals surface area contributed by atoms with Crippen molar-refractivity contribution in [1.29, 1.82) is 0 Å². The van der Waals surface area contributed by atoms with E-state index < -0.39 is 0 Å². The van der Waals surface area contributed by atoms with E-state index in [1.54, 1.807) is 11.3 Å². The summed E-state index contributed by atoms with van der Waals surface area (Å²) >= 11 is 5.15. The fraction of sp³-hybridized carbons (Fsp3) is 0.500. The van der Waals surface area contributed by atoms with E-state index in [-0.39, 0.29) is 23.9 Å². The number of nitrogens with two attached hydrogens (primary N) is 1. The Labute approximate surface area is 130 Å². The van der Waals surface area contributed by atoms with Gasteiger partial charge in [-0.2, -0.15) is 4.98 Å². The quantitative estimate of drug-likeness (QED) is 0.899. The van der Waals surface area contributed by atoms with Crippen molar-refractivity contribution in [3.63, 3.8) is 0 Å². The fourth-order valence-electron chi connectivity index (χ4n) is 2.08. The standard InChI is InChI=1S/C12H14BrN3OS.ClH/c1-7(8-3-4-9(13)18-8)10-15-11(16-17-10)12(14)5-2-6-12;/h3-4,7H,2,5-6,14H2,1H3;1H. The molecule has 0 radical (unpaired) electrons. The lowest BCUT2D eigenvalue weighted by atomic mass is 9.77. The largest absolute Gasteiger partial charge is 0.339 e. The van der Waals surface area contributed by atoms with Gasteiger partial charge in [-0.3, -0.25) is 0 Å². The lowest BCUT2D eigenvalue weighted by Gasteiger charge is -2.34. The van der Waals surface area contributed by atoms with Gasteiger partial charge in [0, 0.05) is 4.88 Å². The van der Waals surface area contributed by atoms with Crippen molar-refractivity contribution in [1.82, 2.24) is 10.1 Å². The molecule has 0 amide bonds. The van der Waals surface area contributed by atoms with E-state index in [2.05, 4.69) is 39.1 Å². The van der Waals surface area contributed by atoms with E-state index in [0.717, 1.165) is 23.0 Å². The molecule has 2 aromatic rings. The molecule has 0 aromatic carbocycles. The Bertz CT molecular complexity index is 567. The van der Waals surface area contributed by atoms with Crippen LogP contribution in [-0.2, 0) is 5.54 Å². The van der Waals surface area contributed by atoms with Crippen LogP contribution in [0.25, 0.3) is 0 Å². The number of hydrogen-bond acceptors (Lipinski definition) is 5. The molecule has 0 spiro atoms. The maximum atomic E-state index is 6.19. The van der Waals surface area contributed by atoms with Crippen LogP contribution in [0.2, 0.25) is 0 Å². The van der Waals surface area contributed by atoms with E-state index in [1.165, 1.54) is 4.88 Å². The topological polar surface area (TPSA) is 64.9 Å². The van der Waals surface area contributed by atoms with E-state index in [0.29, 0.717) is 11.7 Å². The summed E-state index contributed by atoms with van der Waals surface area (Å²) in [6.07, 6.45) is 3.05. The Morgan fingerprint density at radius 2 is 2.21 bits per heavy atom. The van der Waals surface area contributed by atoms with Crippen LogP contribution in [0, 0.1) is 0 Å². The Kier molecular flexibility index (Phi) is 4.35. The van der Waals surface area contributed by atoms with Crippen molar-refractivity contribution in [2.45, 2.75) is 37.6 Å². The van der Waals surface area contributed by atoms with Gasteiger partial charge in [0.2, 0.25) is 5.89 Å². The summed E-state index contributed by atoms with van der Waals surface area (Å²) in [5.74, 6) is 1.42. The molecule has 1 saturated carbocycles. The summed E-state index contributed by atoms with van der Waals surface area (Å²) in [5.41, 5.74) is 5.84. The van der Waals surface area contributed by atoms with Gasteiger partial charge in [-0.1, -0.05) is 5.16 Å². The van der Waals surface area contributed by atoms with Crippen LogP contribution in [0.5, 0.6) is 0 Å². The van der Waals surface area contributed by atoms with Gasteiger partial charge in [0.1, 0.15) is 0 Å². The molecule has 1 aliphatic carbocycles. The highest BCUT2D eigenvalue weighted by molar-refractivity contribution is 9.11. The second-order valence-electron chi connectivity index (χ2n) is 4.83. The SMILES string of the molecule is CC(c1nc(C2(N)CCC2)no1)c1ccc(Br)s1.Cl. The van der Waals surface area contributed by atoms with Crippen LogP contribution in [-0.4, -0.2) is 10.1 Å². The van der Waals surface area contributed by atoms with Gasteiger partial charge in [-0.25, -0.2) is 0 Å². The van der Waals surface area contributed by atoms with Crippen molar-refractivity contribution in [3.05, 3.63) is 32.5 Å². The summed E-state index contributed by atoms with van der Waals surface area (Å²) < 4.78 is 6.47. The van der Waals surface area contributed by atoms with Crippen LogP contribution in [0.3, 0.4) is 0 Å². The number of rotatable bonds is 3. The van der Waals surface area contributed by atoms with Gasteiger partial charge >= 0.3 is 0 Å². The monoisotopic (exact) mass is 363 g/mol. The minimum atomic E-state index is -0.350. The molecule has 0 bridgehead atoms. The summed E-state index contributed by atoms with van der Waals surface area (Å²) in [5, 5.41) is 4.05. The summed E-state index contributed by atoms with van der Waals surface area (Å²) in [7, 11) is 0. The third kappa shape index (κ3) is 2.72. The van der Waals surface area contributed by atoms with Gasteiger partial charge < -0.3 is 10.3 Å². The van der Waals surface area contributed by atoms with Crippen molar-refractivity contribution < 1.29 is 4.52 Å². The first-order valence-corrected chi connectivity index (χ1v) is 7.58. The molecule has 19 heavy (non-hydrogen) atoms. The summed E-state index contributed by atoms with van der Waals surface area (Å²) in [4.78, 5) is 5.68. The number of thiophene rings is 1. The van der Waals surface area contributed by atoms with E-state index in [9.17, 15) is 0 Å². The zero-order chi connectivity index (χ0) is 12.8. The molecule has 2 aromatic heterocycles. The van der Waals surface area contributed by atoms with Crippen molar-refractivity contribution in [2.24, 2.45) is 5.73 Å². The first-order valence-electron chi connectivity index (χ1n) is 5.97. The van der Waals surface area contributed by atoms with Crippen LogP contribution in [0.1, 0.15) is 48.7 Å². The molecule has 3 rings (SSSR count). The highest BCUT2D eigenvalue weighted by Gasteiger charge is 2.39. The molecule has 0 saturated heterocycles. The lowest BCUT2D eigenvalue weighted by Crippen LogP contribution is -2.44. The zero-order valence-corrected chi connectivity index (χ0v) is 13.6. The van der Waals surface area contributed by atoms with Gasteiger partial charge in [0.05, 0.1) is 15.2 Å². The highest BCUT2D eigenvalue weighted by atomic mass is 79.9. The van der Waals surface area contributed by atoms with Gasteiger partial charge in [0.15, 0.2) is 5.82 Å². The molecule has 7 heteroatoms. The average Bonchev–Trinajstić information content (AvgIpc) is 2.93. The molecule has 104 valence electrons. The maximum absolute atomic E-state index is 6.19. The third-order valence-corrected chi connectivity index (χ3v) is 5.33. The molecule has 1 fully saturated rings. The van der Waals surface area contributed by atoms with Crippen molar-refractivity contribution in [3.8, 4) is 0 Å². The van der Waals surface area contributed by atoms with Crippen molar-refractivity contribution in [2.75, 3.05) is 0 Å². The predicted molar refractivity (Wildman–Crippen MR) is 80.8 cm³/mol. The summed E-state index contributed by atoms with van der Waals surface area (Å²) in [6, 6.07) is 4.11. The Morgan fingerprint density at radius 1 is 1.47 bits per heavy atom. The first kappa shape index (κ1) is 15.0. The number of hydrogen-bond donors (Lipinski definition) is 1. The minimum absolute atomic E-state index is 0. The molecule has 1 unspecified atom stereocenters. The van der Waals surface area contributed by atoms with Gasteiger partial charge in [0.25, 0.3) is 0 Å². The van der Waals surface area contributed by atoms with Crippen LogP contribution in [0.15, 0.2) is 20.4 Å². The van der Waals surface area contributed by atoms with Gasteiger partial charge in [-0.15, -0.1) is 23.7 Å². The second-order valence-corrected chi connectivity index (χ2v) is 7.32. The number of halogens is 2. The lowest BCUT2D eigenvalue weighted by molar-refractivity contribution is 0.228. The normalized spacial score (nSPS) is 18.5. The van der Waals surface area contributed by atoms with E-state index >= 15 is 0 Å². The van der Waals surface area contributed by atoms with E-state index in [1.807, 2.05) is 6.07 Å². The molecular weight excluding hydrogens is 350 g/mol. The number of nitrogens with zero attached hydrogens (tertiary/aromatic N) is 2. The molecule has 2 N–H and O–H groups in total. The predicted octanol–water partition coefficient (Wildman–Crippen LogP) is 3.81. The maximum Gasteiger partial charge on any atom is 0.234 e. The van der Waals surface area contributed by atoms with Crippen LogP contribution in [0.4, 0.5) is 0 Å². The Balaban J connectivity index is 0.00000133. The van der Waals surface area contributed by atoms with Gasteiger partial charge in [-0.05, 0) is 54.2 Å². The fourth-order valence-corrected chi connectivity index (χ4v) is 3.55. The zero-order valence-electron chi connectivity index (χ0n) is 10.4. The molecule has 1 aliphatic rings. The van der Waals surface area contributed by atoms with E-state index in [4.69, 9.17) is 10.3 Å². The Hall–Kier alpha value is -0.430. The first-order chi connectivity index (χ1) is 8.58. The molecule has 1 atom stereocenters. The van der Waals surface area contributed by atoms with Crippen molar-refractivity contribution >= 4 is 39.7 Å². The van der Waals surface area contributed by atoms with Crippen LogP contribution >= 0.6 is 39.7 Å². The minimum Gasteiger partial charge on any atom is -0.339 e. The Morgan fingerprint density at radius 3 is 2.74 bits per heavy atom. The second kappa shape index (κ2) is 5.52. The van der Waals surface area contributed by atoms with Crippen LogP contribution < -0.4 is 5.73 Å². The average molecular weight is 365 g/mol. The molecule has 4 nitrogen and oxygen atoms in total. The molecular formula is C12H15BrClN3OS. The summed E-state index contributed by atoms with van der Waals surface area (Å²) in [6.45, 7) is 2.07. The highest BCUT2D eigenvalue weighted by Crippen LogP contribution is 2.38. The molecule has 0 aliphatic heterocycles.